The molecule has 0 aliphatic rings. The van der Waals surface area contributed by atoms with Crippen molar-refractivity contribution >= 4 is 17.5 Å². The molecule has 0 spiro atoms. The highest BCUT2D eigenvalue weighted by molar-refractivity contribution is 5.98. The molecule has 1 aromatic rings. The van der Waals surface area contributed by atoms with Crippen LogP contribution < -0.4 is 0 Å². The standard InChI is InChI=1S/C10H10N2O2/c1-8(12-14-2)9-3-5-10(6-4-9)11-7-13/h3-6H,1-2H3. The number of rotatable bonds is 3. The largest absolute Gasteiger partial charge is 0.399 e. The molecule has 72 valence electrons. The molecule has 0 saturated carbocycles. The lowest BCUT2D eigenvalue weighted by atomic mass is 10.1. The average Bonchev–Trinajstić information content (AvgIpc) is 2.20. The Morgan fingerprint density at radius 2 is 2.00 bits per heavy atom. The maximum absolute atomic E-state index is 9.96. The lowest BCUT2D eigenvalue weighted by Gasteiger charge is -1.99. The fourth-order valence-corrected chi connectivity index (χ4v) is 1.02. The van der Waals surface area contributed by atoms with E-state index in [-0.39, 0.29) is 0 Å². The van der Waals surface area contributed by atoms with E-state index >= 15 is 0 Å². The van der Waals surface area contributed by atoms with Crippen LogP contribution in [0.1, 0.15) is 12.5 Å². The van der Waals surface area contributed by atoms with Crippen LogP contribution in [0.15, 0.2) is 34.4 Å². The number of hydrogen-bond donors (Lipinski definition) is 0. The summed E-state index contributed by atoms with van der Waals surface area (Å²) >= 11 is 0. The molecule has 0 heterocycles. The number of benzene rings is 1. The highest BCUT2D eigenvalue weighted by atomic mass is 16.6. The maximum atomic E-state index is 9.96. The Bertz CT molecular complexity index is 376. The van der Waals surface area contributed by atoms with Gasteiger partial charge in [0.15, 0.2) is 0 Å². The Hall–Kier alpha value is -1.93. The van der Waals surface area contributed by atoms with Gasteiger partial charge in [-0.15, -0.1) is 0 Å². The third kappa shape index (κ3) is 2.54. The van der Waals surface area contributed by atoms with Gasteiger partial charge in [-0.05, 0) is 24.6 Å². The molecule has 0 saturated heterocycles. The van der Waals surface area contributed by atoms with Crippen molar-refractivity contribution in [3.8, 4) is 0 Å². The van der Waals surface area contributed by atoms with Crippen molar-refractivity contribution in [2.24, 2.45) is 10.1 Å². The molecule has 14 heavy (non-hydrogen) atoms. The fraction of sp³-hybridized carbons (Fsp3) is 0.200. The highest BCUT2D eigenvalue weighted by Gasteiger charge is 1.97. The minimum Gasteiger partial charge on any atom is -0.399 e. The SMILES string of the molecule is CON=C(C)c1ccc(N=C=O)cc1. The molecule has 4 nitrogen and oxygen atoms in total. The van der Waals surface area contributed by atoms with Crippen LogP contribution in [-0.2, 0) is 9.63 Å². The van der Waals surface area contributed by atoms with Gasteiger partial charge in [0.25, 0.3) is 0 Å². The number of carbonyl (C=O) groups excluding carboxylic acids is 1. The van der Waals surface area contributed by atoms with E-state index in [2.05, 4.69) is 15.0 Å². The van der Waals surface area contributed by atoms with Crippen molar-refractivity contribution in [1.29, 1.82) is 0 Å². The second kappa shape index (κ2) is 4.94. The zero-order valence-corrected chi connectivity index (χ0v) is 8.02. The molecule has 0 aliphatic heterocycles. The maximum Gasteiger partial charge on any atom is 0.240 e. The highest BCUT2D eigenvalue weighted by Crippen LogP contribution is 2.12. The first-order valence-electron chi connectivity index (χ1n) is 4.04. The van der Waals surface area contributed by atoms with E-state index in [1.165, 1.54) is 13.2 Å². The molecule has 0 radical (unpaired) electrons. The smallest absolute Gasteiger partial charge is 0.240 e. The van der Waals surface area contributed by atoms with E-state index in [1.807, 2.05) is 19.1 Å². The second-order valence-corrected chi connectivity index (χ2v) is 2.61. The first-order chi connectivity index (χ1) is 6.77. The molecule has 0 atom stereocenters. The summed E-state index contributed by atoms with van der Waals surface area (Å²) in [6, 6.07) is 7.06. The van der Waals surface area contributed by atoms with Crippen LogP contribution in [0.25, 0.3) is 0 Å². The Morgan fingerprint density at radius 1 is 1.36 bits per heavy atom. The van der Waals surface area contributed by atoms with E-state index in [0.717, 1.165) is 11.3 Å². The Kier molecular flexibility index (Phi) is 3.58. The molecular formula is C10H10N2O2. The minimum absolute atomic E-state index is 0.578. The van der Waals surface area contributed by atoms with Crippen LogP contribution in [-0.4, -0.2) is 18.9 Å². The minimum atomic E-state index is 0.578. The van der Waals surface area contributed by atoms with Crippen molar-refractivity contribution in [2.45, 2.75) is 6.92 Å². The molecule has 1 aromatic carbocycles. The molecule has 0 fully saturated rings. The van der Waals surface area contributed by atoms with Crippen LogP contribution in [0.3, 0.4) is 0 Å². The number of oxime groups is 1. The molecule has 0 amide bonds. The Morgan fingerprint density at radius 3 is 2.50 bits per heavy atom. The number of nitrogens with zero attached hydrogens (tertiary/aromatic N) is 2. The third-order valence-electron chi connectivity index (χ3n) is 1.69. The quantitative estimate of drug-likeness (QED) is 0.416. The van der Waals surface area contributed by atoms with Gasteiger partial charge in [-0.25, -0.2) is 4.79 Å². The van der Waals surface area contributed by atoms with E-state index in [1.54, 1.807) is 12.1 Å². The summed E-state index contributed by atoms with van der Waals surface area (Å²) in [7, 11) is 1.49. The Balaban J connectivity index is 2.93. The van der Waals surface area contributed by atoms with Crippen molar-refractivity contribution < 1.29 is 9.63 Å². The van der Waals surface area contributed by atoms with Gasteiger partial charge in [0.1, 0.15) is 7.11 Å². The predicted octanol–water partition coefficient (Wildman–Crippen LogP) is 2.02. The van der Waals surface area contributed by atoms with Gasteiger partial charge in [-0.1, -0.05) is 17.3 Å². The zero-order chi connectivity index (χ0) is 10.4. The van der Waals surface area contributed by atoms with Crippen molar-refractivity contribution in [3.05, 3.63) is 29.8 Å². The van der Waals surface area contributed by atoms with Gasteiger partial charge in [0, 0.05) is 0 Å². The molecule has 0 aromatic heterocycles. The van der Waals surface area contributed by atoms with Gasteiger partial charge in [0.2, 0.25) is 6.08 Å². The fourth-order valence-electron chi connectivity index (χ4n) is 1.02. The number of isocyanates is 1. The zero-order valence-electron chi connectivity index (χ0n) is 8.02. The topological polar surface area (TPSA) is 51.0 Å². The van der Waals surface area contributed by atoms with Crippen LogP contribution in [0.2, 0.25) is 0 Å². The van der Waals surface area contributed by atoms with Gasteiger partial charge >= 0.3 is 0 Å². The van der Waals surface area contributed by atoms with Crippen LogP contribution >= 0.6 is 0 Å². The molecule has 4 heteroatoms. The predicted molar refractivity (Wildman–Crippen MR) is 53.4 cm³/mol. The Labute approximate surface area is 81.9 Å². The summed E-state index contributed by atoms with van der Waals surface area (Å²) in [4.78, 5) is 18.1. The van der Waals surface area contributed by atoms with Crippen molar-refractivity contribution in [3.63, 3.8) is 0 Å². The van der Waals surface area contributed by atoms with E-state index in [0.29, 0.717) is 5.69 Å². The first-order valence-corrected chi connectivity index (χ1v) is 4.04. The summed E-state index contributed by atoms with van der Waals surface area (Å²) in [5.74, 6) is 0. The monoisotopic (exact) mass is 190 g/mol. The van der Waals surface area contributed by atoms with Gasteiger partial charge in [0.05, 0.1) is 11.4 Å². The van der Waals surface area contributed by atoms with Gasteiger partial charge in [-0.3, -0.25) is 0 Å². The third-order valence-corrected chi connectivity index (χ3v) is 1.69. The van der Waals surface area contributed by atoms with Crippen LogP contribution in [0.5, 0.6) is 0 Å². The van der Waals surface area contributed by atoms with E-state index < -0.39 is 0 Å². The molecule has 1 rings (SSSR count). The lowest BCUT2D eigenvalue weighted by Crippen LogP contribution is -1.93. The summed E-state index contributed by atoms with van der Waals surface area (Å²) in [6.07, 6.45) is 1.48. The first kappa shape index (κ1) is 10.2. The molecule has 0 bridgehead atoms. The normalized spacial score (nSPS) is 10.6. The van der Waals surface area contributed by atoms with Crippen LogP contribution in [0, 0.1) is 0 Å². The average molecular weight is 190 g/mol. The van der Waals surface area contributed by atoms with Gasteiger partial charge < -0.3 is 4.84 Å². The summed E-state index contributed by atoms with van der Waals surface area (Å²) in [5, 5.41) is 3.78. The number of aliphatic imine (C=N–C) groups is 1. The second-order valence-electron chi connectivity index (χ2n) is 2.61. The van der Waals surface area contributed by atoms with E-state index in [4.69, 9.17) is 0 Å². The van der Waals surface area contributed by atoms with Crippen molar-refractivity contribution in [2.75, 3.05) is 7.11 Å². The van der Waals surface area contributed by atoms with Gasteiger partial charge in [-0.2, -0.15) is 4.99 Å². The summed E-state index contributed by atoms with van der Waals surface area (Å²) in [6.45, 7) is 1.83. The molecule has 0 unspecified atom stereocenters. The molecule has 0 aliphatic carbocycles. The molecule has 0 N–H and O–H groups in total. The summed E-state index contributed by atoms with van der Waals surface area (Å²) in [5.41, 5.74) is 2.28. The van der Waals surface area contributed by atoms with Crippen LogP contribution in [0.4, 0.5) is 5.69 Å². The summed E-state index contributed by atoms with van der Waals surface area (Å²) < 4.78 is 0. The number of hydrogen-bond acceptors (Lipinski definition) is 4. The van der Waals surface area contributed by atoms with Crippen molar-refractivity contribution in [1.82, 2.24) is 0 Å². The lowest BCUT2D eigenvalue weighted by molar-refractivity contribution is 0.213. The van der Waals surface area contributed by atoms with E-state index in [9.17, 15) is 4.79 Å². The molecular weight excluding hydrogens is 180 g/mol.